The average molecular weight is 619 g/mol. The molecule has 1 saturated heterocycles. The van der Waals surface area contributed by atoms with Crippen LogP contribution in [0.2, 0.25) is 0 Å². The molecule has 1 heterocycles. The first-order valence-electron chi connectivity index (χ1n) is 16.7. The van der Waals surface area contributed by atoms with Crippen LogP contribution in [0.4, 0.5) is 9.59 Å². The second-order valence-electron chi connectivity index (χ2n) is 17.1. The van der Waals surface area contributed by atoms with Gasteiger partial charge in [0.1, 0.15) is 12.2 Å². The fraction of sp³-hybridized carbons (Fsp3) is 0.912. The molecule has 5 aliphatic carbocycles. The SMILES string of the molecule is CC(=O)O[C@@H]([C@H]1C[C@@H](C)C2C(O1)[C@H](OC(N)=O)[C@@]1(C)[C@@H]3CC[C@H]4C(C)(C)[C@@H](OC(N)=O)CC[C@@]45C[C@@]35CC[C@]21C)C(C)(C)O. The van der Waals surface area contributed by atoms with Gasteiger partial charge < -0.3 is 35.5 Å². The minimum absolute atomic E-state index is 0.105. The summed E-state index contributed by atoms with van der Waals surface area (Å²) in [5.74, 6) is 0.512. The second kappa shape index (κ2) is 9.72. The average Bonchev–Trinajstić information content (AvgIpc) is 3.51. The highest BCUT2D eigenvalue weighted by Gasteiger charge is 2.85. The van der Waals surface area contributed by atoms with Crippen molar-refractivity contribution in [2.45, 2.75) is 143 Å². The Kier molecular flexibility index (Phi) is 7.05. The molecule has 5 N–H and O–H groups in total. The van der Waals surface area contributed by atoms with E-state index in [1.807, 2.05) is 0 Å². The van der Waals surface area contributed by atoms with Gasteiger partial charge in [-0.1, -0.05) is 34.6 Å². The molecule has 0 aromatic rings. The van der Waals surface area contributed by atoms with Crippen LogP contribution in [0.25, 0.3) is 0 Å². The molecule has 6 fully saturated rings. The number of ether oxygens (including phenoxy) is 4. The van der Waals surface area contributed by atoms with Gasteiger partial charge in [-0.05, 0) is 105 Å². The fourth-order valence-electron chi connectivity index (χ4n) is 13.0. The first-order chi connectivity index (χ1) is 20.3. The van der Waals surface area contributed by atoms with Crippen LogP contribution in [0.3, 0.4) is 0 Å². The quantitative estimate of drug-likeness (QED) is 0.284. The van der Waals surface area contributed by atoms with E-state index in [0.717, 1.165) is 44.9 Å². The van der Waals surface area contributed by atoms with Gasteiger partial charge in [0.15, 0.2) is 6.10 Å². The van der Waals surface area contributed by atoms with Gasteiger partial charge in [-0.15, -0.1) is 0 Å². The van der Waals surface area contributed by atoms with Crippen LogP contribution < -0.4 is 11.5 Å². The van der Waals surface area contributed by atoms with E-state index >= 15 is 0 Å². The Morgan fingerprint density at radius 1 is 0.932 bits per heavy atom. The largest absolute Gasteiger partial charge is 0.457 e. The van der Waals surface area contributed by atoms with Crippen LogP contribution in [-0.4, -0.2) is 59.4 Å². The number of fused-ring (bicyclic) bond motifs is 4. The van der Waals surface area contributed by atoms with Gasteiger partial charge in [-0.25, -0.2) is 9.59 Å². The van der Waals surface area contributed by atoms with Gasteiger partial charge in [-0.3, -0.25) is 4.79 Å². The summed E-state index contributed by atoms with van der Waals surface area (Å²) in [5, 5.41) is 11.0. The van der Waals surface area contributed by atoms with Crippen LogP contribution in [0.1, 0.15) is 107 Å². The fourth-order valence-corrected chi connectivity index (χ4v) is 13.0. The van der Waals surface area contributed by atoms with E-state index < -0.39 is 53.6 Å². The zero-order valence-corrected chi connectivity index (χ0v) is 27.8. The molecule has 10 heteroatoms. The molecule has 0 aromatic heterocycles. The normalized spacial score (nSPS) is 49.1. The third-order valence-corrected chi connectivity index (χ3v) is 14.6. The Labute approximate surface area is 261 Å². The lowest BCUT2D eigenvalue weighted by atomic mass is 9.41. The molecule has 5 saturated carbocycles. The summed E-state index contributed by atoms with van der Waals surface area (Å²) >= 11 is 0. The molecular formula is C34H54N2O8. The first kappa shape index (κ1) is 31.9. The maximum absolute atomic E-state index is 12.6. The van der Waals surface area contributed by atoms with Crippen LogP contribution in [-0.2, 0) is 23.7 Å². The Hall–Kier alpha value is -2.07. The molecule has 0 aromatic carbocycles. The van der Waals surface area contributed by atoms with Crippen LogP contribution in [0, 0.1) is 50.7 Å². The Morgan fingerprint density at radius 3 is 2.14 bits per heavy atom. The summed E-state index contributed by atoms with van der Waals surface area (Å²) in [4.78, 5) is 36.5. The Morgan fingerprint density at radius 2 is 1.55 bits per heavy atom. The zero-order valence-electron chi connectivity index (χ0n) is 27.8. The second-order valence-corrected chi connectivity index (χ2v) is 17.1. The van der Waals surface area contributed by atoms with Crippen molar-refractivity contribution in [2.24, 2.45) is 62.2 Å². The Bertz CT molecular complexity index is 1230. The lowest BCUT2D eigenvalue weighted by Crippen LogP contribution is -2.60. The highest BCUT2D eigenvalue weighted by molar-refractivity contribution is 5.66. The monoisotopic (exact) mass is 618 g/mol. The molecular weight excluding hydrogens is 564 g/mol. The Balaban J connectivity index is 1.38. The summed E-state index contributed by atoms with van der Waals surface area (Å²) in [6.45, 7) is 16.0. The van der Waals surface area contributed by atoms with Crippen molar-refractivity contribution in [3.05, 3.63) is 0 Å². The number of rotatable bonds is 5. The van der Waals surface area contributed by atoms with Crippen molar-refractivity contribution in [1.29, 1.82) is 0 Å². The van der Waals surface area contributed by atoms with Crippen molar-refractivity contribution >= 4 is 18.2 Å². The number of carbonyl (C=O) groups is 3. The van der Waals surface area contributed by atoms with Crippen molar-refractivity contribution in [1.82, 2.24) is 0 Å². The highest BCUT2D eigenvalue weighted by atomic mass is 16.6. The number of primary amides is 2. The molecule has 10 nitrogen and oxygen atoms in total. The number of carbonyl (C=O) groups excluding carboxylic acids is 3. The molecule has 0 bridgehead atoms. The van der Waals surface area contributed by atoms with E-state index in [4.69, 9.17) is 30.4 Å². The summed E-state index contributed by atoms with van der Waals surface area (Å²) < 4.78 is 24.4. The van der Waals surface area contributed by atoms with Gasteiger partial charge in [0.25, 0.3) is 0 Å². The van der Waals surface area contributed by atoms with Crippen molar-refractivity contribution in [3.8, 4) is 0 Å². The van der Waals surface area contributed by atoms with Crippen molar-refractivity contribution in [2.75, 3.05) is 0 Å². The number of hydrogen-bond donors (Lipinski definition) is 3. The van der Waals surface area contributed by atoms with Gasteiger partial charge in [0.2, 0.25) is 0 Å². The van der Waals surface area contributed by atoms with E-state index in [-0.39, 0.29) is 39.6 Å². The van der Waals surface area contributed by atoms with Crippen LogP contribution in [0.5, 0.6) is 0 Å². The lowest BCUT2D eigenvalue weighted by Gasteiger charge is -2.63. The van der Waals surface area contributed by atoms with Crippen molar-refractivity contribution in [3.63, 3.8) is 0 Å². The predicted molar refractivity (Wildman–Crippen MR) is 161 cm³/mol. The topological polar surface area (TPSA) is 160 Å². The van der Waals surface area contributed by atoms with Gasteiger partial charge in [0.05, 0.1) is 17.8 Å². The standard InChI is InChI=1S/C34H54N2O8/c1-17-15-19(25(30(5,6)40)41-18(2)37)42-24-23(17)31(7)13-14-34-16-33(34)12-11-22(43-27(35)38)29(3,4)20(33)9-10-21(34)32(31,8)26(24)44-28(36)39/h17,19-26,40H,9-16H2,1-8H3,(H2,35,38)(H2,36,39)/t17-,19-,20+,21+,22+,23?,24?,25+,26+,31-,32-,33-,34+/m1/s1. The molecule has 44 heavy (non-hydrogen) atoms. The summed E-state index contributed by atoms with van der Waals surface area (Å²) in [7, 11) is 0. The molecule has 248 valence electrons. The molecule has 2 amide bonds. The summed E-state index contributed by atoms with van der Waals surface area (Å²) in [5.41, 5.74) is 9.47. The third kappa shape index (κ3) is 4.07. The minimum atomic E-state index is -1.32. The lowest BCUT2D eigenvalue weighted by molar-refractivity contribution is -0.216. The van der Waals surface area contributed by atoms with Gasteiger partial charge in [0, 0.05) is 17.8 Å². The van der Waals surface area contributed by atoms with Gasteiger partial charge in [-0.2, -0.15) is 0 Å². The molecule has 2 spiro atoms. The van der Waals surface area contributed by atoms with E-state index in [1.165, 1.54) is 6.92 Å². The molecule has 1 aliphatic heterocycles. The van der Waals surface area contributed by atoms with E-state index in [1.54, 1.807) is 13.8 Å². The molecule has 2 unspecified atom stereocenters. The van der Waals surface area contributed by atoms with Gasteiger partial charge >= 0.3 is 18.2 Å². The molecule has 13 atom stereocenters. The van der Waals surface area contributed by atoms with E-state index in [9.17, 15) is 19.5 Å². The van der Waals surface area contributed by atoms with Crippen molar-refractivity contribution < 1.29 is 38.4 Å². The number of amides is 2. The first-order valence-corrected chi connectivity index (χ1v) is 16.7. The predicted octanol–water partition coefficient (Wildman–Crippen LogP) is 5.07. The number of hydrogen-bond acceptors (Lipinski definition) is 8. The smallest absolute Gasteiger partial charge is 0.404 e. The maximum atomic E-state index is 12.6. The number of nitrogens with two attached hydrogens (primary N) is 2. The minimum Gasteiger partial charge on any atom is -0.457 e. The van der Waals surface area contributed by atoms with E-state index in [2.05, 4.69) is 34.6 Å². The maximum Gasteiger partial charge on any atom is 0.404 e. The molecule has 6 aliphatic rings. The molecule has 0 radical (unpaired) electrons. The van der Waals surface area contributed by atoms with Crippen LogP contribution in [0.15, 0.2) is 0 Å². The zero-order chi connectivity index (χ0) is 32.4. The number of esters is 1. The highest BCUT2D eigenvalue weighted by Crippen LogP contribution is 2.89. The summed E-state index contributed by atoms with van der Waals surface area (Å²) in [6, 6.07) is 0. The van der Waals surface area contributed by atoms with Crippen LogP contribution >= 0.6 is 0 Å². The molecule has 6 rings (SSSR count). The number of aliphatic hydroxyl groups is 1. The third-order valence-electron chi connectivity index (χ3n) is 14.6. The summed E-state index contributed by atoms with van der Waals surface area (Å²) in [6.07, 6.45) is 3.53. The van der Waals surface area contributed by atoms with E-state index in [0.29, 0.717) is 18.3 Å².